The van der Waals surface area contributed by atoms with Crippen LogP contribution < -0.4 is 10.6 Å². The van der Waals surface area contributed by atoms with Gasteiger partial charge in [0.25, 0.3) is 0 Å². The first-order valence-corrected chi connectivity index (χ1v) is 12.6. The SMILES string of the molecule is Cn1cc(-c2cc3ncccc3c(-c3ccc(N4CCC(N)(CN5CCOCC5)CC4)nc3)n2)cn1. The van der Waals surface area contributed by atoms with Gasteiger partial charge in [-0.25, -0.2) is 9.97 Å². The molecule has 2 saturated heterocycles. The molecular weight excluding hydrogens is 452 g/mol. The standard InChI is InChI=1S/C27H32N8O/c1-33-18-21(17-31-33)23-15-24-22(3-2-8-29-24)26(32-23)20-4-5-25(30-16-20)35-9-6-27(28,7-10-35)19-34-11-13-36-14-12-34/h2-5,8,15-18H,6-7,9-14,19,28H2,1H3. The Morgan fingerprint density at radius 2 is 1.83 bits per heavy atom. The molecule has 2 fully saturated rings. The number of hydrogen-bond donors (Lipinski definition) is 1. The molecule has 186 valence electrons. The lowest BCUT2D eigenvalue weighted by atomic mass is 9.88. The lowest BCUT2D eigenvalue weighted by Gasteiger charge is -2.43. The van der Waals surface area contributed by atoms with Crippen molar-refractivity contribution in [2.75, 3.05) is 50.8 Å². The summed E-state index contributed by atoms with van der Waals surface area (Å²) in [5, 5.41) is 5.31. The molecule has 0 saturated carbocycles. The first-order valence-electron chi connectivity index (χ1n) is 12.6. The first kappa shape index (κ1) is 23.0. The second-order valence-electron chi connectivity index (χ2n) is 9.97. The van der Waals surface area contributed by atoms with Gasteiger partial charge in [0.05, 0.1) is 36.3 Å². The number of hydrogen-bond acceptors (Lipinski definition) is 8. The molecular formula is C27H32N8O. The molecule has 9 heteroatoms. The third-order valence-electron chi connectivity index (χ3n) is 7.35. The molecule has 4 aromatic rings. The summed E-state index contributed by atoms with van der Waals surface area (Å²) < 4.78 is 7.26. The molecule has 6 heterocycles. The van der Waals surface area contributed by atoms with Crippen LogP contribution in [0.1, 0.15) is 12.8 Å². The van der Waals surface area contributed by atoms with Crippen molar-refractivity contribution in [1.82, 2.24) is 29.6 Å². The molecule has 36 heavy (non-hydrogen) atoms. The van der Waals surface area contributed by atoms with Gasteiger partial charge >= 0.3 is 0 Å². The zero-order chi connectivity index (χ0) is 24.5. The van der Waals surface area contributed by atoms with Gasteiger partial charge in [-0.05, 0) is 43.2 Å². The van der Waals surface area contributed by atoms with Crippen molar-refractivity contribution in [1.29, 1.82) is 0 Å². The van der Waals surface area contributed by atoms with Gasteiger partial charge in [0, 0.05) is 80.4 Å². The van der Waals surface area contributed by atoms with Crippen molar-refractivity contribution in [2.45, 2.75) is 18.4 Å². The molecule has 0 amide bonds. The largest absolute Gasteiger partial charge is 0.379 e. The number of aryl methyl sites for hydroxylation is 1. The maximum Gasteiger partial charge on any atom is 0.128 e. The van der Waals surface area contributed by atoms with Crippen molar-refractivity contribution in [3.63, 3.8) is 0 Å². The molecule has 0 spiro atoms. The highest BCUT2D eigenvalue weighted by atomic mass is 16.5. The topological polar surface area (TPSA) is 98.2 Å². The summed E-state index contributed by atoms with van der Waals surface area (Å²) in [6, 6.07) is 10.2. The van der Waals surface area contributed by atoms with Crippen LogP contribution in [0.4, 0.5) is 5.82 Å². The van der Waals surface area contributed by atoms with E-state index in [9.17, 15) is 0 Å². The quantitative estimate of drug-likeness (QED) is 0.462. The van der Waals surface area contributed by atoms with Crippen LogP contribution in [0, 0.1) is 0 Å². The van der Waals surface area contributed by atoms with Crippen molar-refractivity contribution in [3.05, 3.63) is 55.1 Å². The lowest BCUT2D eigenvalue weighted by Crippen LogP contribution is -2.58. The Morgan fingerprint density at radius 3 is 2.56 bits per heavy atom. The number of anilines is 1. The van der Waals surface area contributed by atoms with Crippen molar-refractivity contribution < 1.29 is 4.74 Å². The van der Waals surface area contributed by atoms with Crippen LogP contribution in [0.5, 0.6) is 0 Å². The van der Waals surface area contributed by atoms with Crippen LogP contribution in [0.15, 0.2) is 55.1 Å². The molecule has 2 aliphatic heterocycles. The average molecular weight is 485 g/mol. The van der Waals surface area contributed by atoms with Crippen LogP contribution in [0.2, 0.25) is 0 Å². The van der Waals surface area contributed by atoms with Gasteiger partial charge in [-0.2, -0.15) is 5.10 Å². The molecule has 9 nitrogen and oxygen atoms in total. The minimum absolute atomic E-state index is 0.143. The number of morpholine rings is 1. The molecule has 0 bridgehead atoms. The normalized spacial score (nSPS) is 18.6. The molecule has 2 aliphatic rings. The van der Waals surface area contributed by atoms with Gasteiger partial charge in [0.15, 0.2) is 0 Å². The molecule has 0 unspecified atom stereocenters. The van der Waals surface area contributed by atoms with E-state index in [0.717, 1.165) is 98.0 Å². The van der Waals surface area contributed by atoms with E-state index in [0.29, 0.717) is 0 Å². The number of piperidine rings is 1. The summed E-state index contributed by atoms with van der Waals surface area (Å²) in [4.78, 5) is 19.2. The third-order valence-corrected chi connectivity index (χ3v) is 7.35. The summed E-state index contributed by atoms with van der Waals surface area (Å²) in [7, 11) is 1.91. The third kappa shape index (κ3) is 4.69. The summed E-state index contributed by atoms with van der Waals surface area (Å²) in [5.41, 5.74) is 11.2. The smallest absolute Gasteiger partial charge is 0.128 e. The predicted molar refractivity (Wildman–Crippen MR) is 141 cm³/mol. The number of fused-ring (bicyclic) bond motifs is 1. The van der Waals surface area contributed by atoms with E-state index in [1.165, 1.54) is 0 Å². The highest BCUT2D eigenvalue weighted by Crippen LogP contribution is 2.31. The van der Waals surface area contributed by atoms with Gasteiger partial charge in [0.1, 0.15) is 5.82 Å². The lowest BCUT2D eigenvalue weighted by molar-refractivity contribution is 0.0250. The molecule has 0 aromatic carbocycles. The van der Waals surface area contributed by atoms with Crippen LogP contribution in [0.25, 0.3) is 33.4 Å². The maximum atomic E-state index is 6.80. The van der Waals surface area contributed by atoms with E-state index in [4.69, 9.17) is 20.4 Å². The fourth-order valence-electron chi connectivity index (χ4n) is 5.25. The van der Waals surface area contributed by atoms with Crippen molar-refractivity contribution >= 4 is 16.7 Å². The Morgan fingerprint density at radius 1 is 1.00 bits per heavy atom. The summed E-state index contributed by atoms with van der Waals surface area (Å²) >= 11 is 0. The summed E-state index contributed by atoms with van der Waals surface area (Å²) in [5.74, 6) is 0.984. The van der Waals surface area contributed by atoms with E-state index in [-0.39, 0.29) is 5.54 Å². The number of pyridine rings is 3. The molecule has 0 atom stereocenters. The second-order valence-corrected chi connectivity index (χ2v) is 9.97. The van der Waals surface area contributed by atoms with Crippen molar-refractivity contribution in [3.8, 4) is 22.5 Å². The first-order chi connectivity index (χ1) is 17.6. The minimum Gasteiger partial charge on any atom is -0.379 e. The zero-order valence-electron chi connectivity index (χ0n) is 20.7. The molecule has 0 aliphatic carbocycles. The Balaban J connectivity index is 1.21. The fraction of sp³-hybridized carbons (Fsp3) is 0.407. The second kappa shape index (κ2) is 9.57. The maximum absolute atomic E-state index is 6.80. The molecule has 0 radical (unpaired) electrons. The Kier molecular flexibility index (Phi) is 6.12. The highest BCUT2D eigenvalue weighted by Gasteiger charge is 2.33. The molecule has 2 N–H and O–H groups in total. The Hall–Kier alpha value is -3.40. The van der Waals surface area contributed by atoms with E-state index < -0.39 is 0 Å². The van der Waals surface area contributed by atoms with Crippen molar-refractivity contribution in [2.24, 2.45) is 12.8 Å². The van der Waals surface area contributed by atoms with Gasteiger partial charge in [-0.15, -0.1) is 0 Å². The summed E-state index contributed by atoms with van der Waals surface area (Å²) in [6.45, 7) is 6.34. The van der Waals surface area contributed by atoms with Crippen LogP contribution in [-0.2, 0) is 11.8 Å². The number of rotatable bonds is 5. The Labute approximate surface area is 210 Å². The van der Waals surface area contributed by atoms with Crippen LogP contribution >= 0.6 is 0 Å². The number of aromatic nitrogens is 5. The van der Waals surface area contributed by atoms with E-state index in [1.807, 2.05) is 44.0 Å². The van der Waals surface area contributed by atoms with E-state index in [1.54, 1.807) is 4.68 Å². The van der Waals surface area contributed by atoms with Crippen LogP contribution in [-0.4, -0.2) is 81.1 Å². The van der Waals surface area contributed by atoms with Gasteiger partial charge in [-0.3, -0.25) is 14.6 Å². The monoisotopic (exact) mass is 484 g/mol. The molecule has 4 aromatic heterocycles. The summed E-state index contributed by atoms with van der Waals surface area (Å²) in [6.07, 6.45) is 9.45. The zero-order valence-corrected chi connectivity index (χ0v) is 20.7. The van der Waals surface area contributed by atoms with E-state index >= 15 is 0 Å². The van der Waals surface area contributed by atoms with Gasteiger partial charge in [-0.1, -0.05) is 0 Å². The predicted octanol–water partition coefficient (Wildman–Crippen LogP) is 2.72. The number of ether oxygens (including phenoxy) is 1. The van der Waals surface area contributed by atoms with Crippen LogP contribution in [0.3, 0.4) is 0 Å². The minimum atomic E-state index is -0.143. The fourth-order valence-corrected chi connectivity index (χ4v) is 5.25. The van der Waals surface area contributed by atoms with Gasteiger partial charge < -0.3 is 15.4 Å². The number of nitrogens with zero attached hydrogens (tertiary/aromatic N) is 7. The van der Waals surface area contributed by atoms with Gasteiger partial charge in [0.2, 0.25) is 0 Å². The average Bonchev–Trinajstić information content (AvgIpc) is 3.35. The number of nitrogens with two attached hydrogens (primary N) is 1. The molecule has 6 rings (SSSR count). The Bertz CT molecular complexity index is 1340. The van der Waals surface area contributed by atoms with E-state index in [2.05, 4.69) is 38.1 Å². The highest BCUT2D eigenvalue weighted by molar-refractivity contribution is 5.94.